The highest BCUT2D eigenvalue weighted by molar-refractivity contribution is 5.99. The van der Waals surface area contributed by atoms with Crippen molar-refractivity contribution in [3.05, 3.63) is 66.0 Å². The first-order valence-electron chi connectivity index (χ1n) is 9.43. The lowest BCUT2D eigenvalue weighted by atomic mass is 10.1. The normalized spacial score (nSPS) is 11.7. The van der Waals surface area contributed by atoms with Crippen LogP contribution in [0.2, 0.25) is 0 Å². The molecule has 0 aliphatic carbocycles. The molecule has 6 nitrogen and oxygen atoms in total. The lowest BCUT2D eigenvalue weighted by Crippen LogP contribution is -2.24. The summed E-state index contributed by atoms with van der Waals surface area (Å²) < 4.78 is 15.2. The van der Waals surface area contributed by atoms with Gasteiger partial charge in [-0.25, -0.2) is 14.1 Å². The number of aromatic nitrogens is 4. The van der Waals surface area contributed by atoms with Crippen molar-refractivity contribution in [1.82, 2.24) is 19.7 Å². The molecule has 0 atom stereocenters. The first kappa shape index (κ1) is 18.9. The second kappa shape index (κ2) is 7.16. The molecule has 0 saturated carbocycles. The summed E-state index contributed by atoms with van der Waals surface area (Å²) in [7, 11) is 0. The Morgan fingerprint density at radius 2 is 1.79 bits per heavy atom. The van der Waals surface area contributed by atoms with E-state index >= 15 is 0 Å². The van der Waals surface area contributed by atoms with Gasteiger partial charge in [-0.15, -0.1) is 5.10 Å². The van der Waals surface area contributed by atoms with Crippen molar-refractivity contribution in [1.29, 1.82) is 0 Å². The Bertz CT molecular complexity index is 1160. The molecule has 4 rings (SSSR count). The van der Waals surface area contributed by atoms with Crippen molar-refractivity contribution in [2.75, 3.05) is 11.1 Å². The molecule has 0 aliphatic heterocycles. The number of nitrogens with zero attached hydrogens (tertiary/aromatic N) is 4. The molecule has 2 heterocycles. The fraction of sp³-hybridized carbons (Fsp3) is 0.227. The molecule has 29 heavy (non-hydrogen) atoms. The van der Waals surface area contributed by atoms with Crippen LogP contribution in [-0.2, 0) is 12.1 Å². The van der Waals surface area contributed by atoms with Gasteiger partial charge in [-0.1, -0.05) is 42.5 Å². The van der Waals surface area contributed by atoms with Gasteiger partial charge in [-0.2, -0.15) is 4.98 Å². The maximum atomic E-state index is 13.5. The van der Waals surface area contributed by atoms with Crippen molar-refractivity contribution in [2.45, 2.75) is 32.9 Å². The van der Waals surface area contributed by atoms with Crippen LogP contribution in [0.1, 0.15) is 26.3 Å². The standard InChI is InChI=1S/C22H23FN6/c1-22(2,3)29-19(24)17-18(15-9-5-4-6-10-15)26-21(27-20(17)28-29)25-13-14-8-7-11-16(23)12-14/h4-12H,13,24H2,1-3H3,(H,25,27,28). The van der Waals surface area contributed by atoms with Crippen LogP contribution in [0.3, 0.4) is 0 Å². The van der Waals surface area contributed by atoms with E-state index in [4.69, 9.17) is 10.7 Å². The number of anilines is 2. The Labute approximate surface area is 168 Å². The first-order valence-corrected chi connectivity index (χ1v) is 9.43. The van der Waals surface area contributed by atoms with Gasteiger partial charge >= 0.3 is 0 Å². The summed E-state index contributed by atoms with van der Waals surface area (Å²) in [5.41, 5.74) is 9.12. The highest BCUT2D eigenvalue weighted by Crippen LogP contribution is 2.33. The van der Waals surface area contributed by atoms with E-state index in [2.05, 4.69) is 15.4 Å². The van der Waals surface area contributed by atoms with Crippen LogP contribution in [0.25, 0.3) is 22.3 Å². The van der Waals surface area contributed by atoms with Crippen LogP contribution in [0.5, 0.6) is 0 Å². The van der Waals surface area contributed by atoms with Crippen LogP contribution in [-0.4, -0.2) is 19.7 Å². The lowest BCUT2D eigenvalue weighted by Gasteiger charge is -2.20. The first-order chi connectivity index (χ1) is 13.8. The number of rotatable bonds is 4. The molecule has 2 aromatic heterocycles. The van der Waals surface area contributed by atoms with Crippen LogP contribution < -0.4 is 11.1 Å². The highest BCUT2D eigenvalue weighted by atomic mass is 19.1. The molecule has 2 aromatic carbocycles. The third-order valence-corrected chi connectivity index (χ3v) is 4.59. The van der Waals surface area contributed by atoms with E-state index in [0.717, 1.165) is 16.5 Å². The minimum atomic E-state index is -0.298. The summed E-state index contributed by atoms with van der Waals surface area (Å²) in [6.45, 7) is 6.50. The van der Waals surface area contributed by atoms with E-state index in [1.165, 1.54) is 12.1 Å². The van der Waals surface area contributed by atoms with Gasteiger partial charge in [0.2, 0.25) is 5.95 Å². The minimum absolute atomic E-state index is 0.276. The monoisotopic (exact) mass is 390 g/mol. The number of benzene rings is 2. The van der Waals surface area contributed by atoms with Gasteiger partial charge in [0, 0.05) is 12.1 Å². The number of nitrogen functional groups attached to an aromatic ring is 1. The predicted molar refractivity (Wildman–Crippen MR) is 114 cm³/mol. The molecule has 0 radical (unpaired) electrons. The molecular weight excluding hydrogens is 367 g/mol. The summed E-state index contributed by atoms with van der Waals surface area (Å²) >= 11 is 0. The number of hydrogen-bond donors (Lipinski definition) is 2. The molecule has 7 heteroatoms. The Kier molecular flexibility index (Phi) is 4.66. The average Bonchev–Trinajstić information content (AvgIpc) is 3.04. The zero-order valence-electron chi connectivity index (χ0n) is 16.6. The largest absolute Gasteiger partial charge is 0.383 e. The van der Waals surface area contributed by atoms with Gasteiger partial charge in [0.1, 0.15) is 11.6 Å². The Balaban J connectivity index is 1.82. The molecule has 0 spiro atoms. The fourth-order valence-corrected chi connectivity index (χ4v) is 3.23. The Hall–Kier alpha value is -3.48. The van der Waals surface area contributed by atoms with Crippen molar-refractivity contribution < 1.29 is 4.39 Å². The summed E-state index contributed by atoms with van der Waals surface area (Å²) in [6.07, 6.45) is 0. The molecule has 0 saturated heterocycles. The van der Waals surface area contributed by atoms with Crippen molar-refractivity contribution in [3.8, 4) is 11.3 Å². The van der Waals surface area contributed by atoms with Crippen molar-refractivity contribution >= 4 is 22.8 Å². The van der Waals surface area contributed by atoms with E-state index in [1.807, 2.05) is 57.2 Å². The maximum Gasteiger partial charge on any atom is 0.225 e. The van der Waals surface area contributed by atoms with Crippen LogP contribution in [0.15, 0.2) is 54.6 Å². The fourth-order valence-electron chi connectivity index (χ4n) is 3.23. The average molecular weight is 390 g/mol. The number of halogens is 1. The third-order valence-electron chi connectivity index (χ3n) is 4.59. The summed E-state index contributed by atoms with van der Waals surface area (Å²) in [4.78, 5) is 9.28. The Morgan fingerprint density at radius 3 is 2.48 bits per heavy atom. The molecule has 4 aromatic rings. The molecule has 0 aliphatic rings. The van der Waals surface area contributed by atoms with Gasteiger partial charge in [-0.05, 0) is 38.5 Å². The SMILES string of the molecule is CC(C)(C)n1nc2nc(NCc3cccc(F)c3)nc(-c3ccccc3)c2c1N. The predicted octanol–water partition coefficient (Wildman–Crippen LogP) is 4.58. The maximum absolute atomic E-state index is 13.5. The number of fused-ring (bicyclic) bond motifs is 1. The molecule has 3 N–H and O–H groups in total. The zero-order valence-corrected chi connectivity index (χ0v) is 16.6. The molecular formula is C22H23FN6. The van der Waals surface area contributed by atoms with Gasteiger partial charge in [0.25, 0.3) is 0 Å². The summed E-state index contributed by atoms with van der Waals surface area (Å²) in [6, 6.07) is 16.2. The smallest absolute Gasteiger partial charge is 0.225 e. The lowest BCUT2D eigenvalue weighted by molar-refractivity contribution is 0.364. The number of nitrogens with two attached hydrogens (primary N) is 1. The quantitative estimate of drug-likeness (QED) is 0.533. The summed E-state index contributed by atoms with van der Waals surface area (Å²) in [5, 5.41) is 8.54. The zero-order chi connectivity index (χ0) is 20.6. The Morgan fingerprint density at radius 1 is 1.03 bits per heavy atom. The number of nitrogens with one attached hydrogen (secondary N) is 1. The molecule has 0 amide bonds. The van der Waals surface area contributed by atoms with E-state index in [0.29, 0.717) is 29.7 Å². The van der Waals surface area contributed by atoms with E-state index in [9.17, 15) is 4.39 Å². The van der Waals surface area contributed by atoms with Crippen LogP contribution in [0, 0.1) is 5.82 Å². The third kappa shape index (κ3) is 3.76. The van der Waals surface area contributed by atoms with Gasteiger partial charge in [0.05, 0.1) is 16.6 Å². The second-order valence-electron chi connectivity index (χ2n) is 7.91. The van der Waals surface area contributed by atoms with E-state index in [1.54, 1.807) is 10.7 Å². The van der Waals surface area contributed by atoms with Crippen LogP contribution >= 0.6 is 0 Å². The molecule has 0 fully saturated rings. The summed E-state index contributed by atoms with van der Waals surface area (Å²) in [5.74, 6) is 0.671. The topological polar surface area (TPSA) is 81.7 Å². The second-order valence-corrected chi connectivity index (χ2v) is 7.91. The van der Waals surface area contributed by atoms with E-state index in [-0.39, 0.29) is 11.4 Å². The van der Waals surface area contributed by atoms with Crippen LogP contribution in [0.4, 0.5) is 16.2 Å². The van der Waals surface area contributed by atoms with Gasteiger partial charge < -0.3 is 11.1 Å². The van der Waals surface area contributed by atoms with Gasteiger partial charge in [-0.3, -0.25) is 0 Å². The van der Waals surface area contributed by atoms with Crippen molar-refractivity contribution in [2.24, 2.45) is 0 Å². The van der Waals surface area contributed by atoms with Gasteiger partial charge in [0.15, 0.2) is 5.65 Å². The molecule has 0 unspecified atom stereocenters. The molecule has 0 bridgehead atoms. The van der Waals surface area contributed by atoms with Crippen molar-refractivity contribution in [3.63, 3.8) is 0 Å². The minimum Gasteiger partial charge on any atom is -0.383 e. The highest BCUT2D eigenvalue weighted by Gasteiger charge is 2.24. The number of hydrogen-bond acceptors (Lipinski definition) is 5. The van der Waals surface area contributed by atoms with E-state index < -0.39 is 0 Å². The molecule has 148 valence electrons.